The first kappa shape index (κ1) is 22.2. The predicted molar refractivity (Wildman–Crippen MR) is 89.5 cm³/mol. The van der Waals surface area contributed by atoms with E-state index in [1.807, 2.05) is 6.07 Å². The maximum Gasteiger partial charge on any atom is 1.00 e. The van der Waals surface area contributed by atoms with Crippen LogP contribution >= 0.6 is 0 Å². The average Bonchev–Trinajstić information content (AvgIpc) is 2.47. The molecule has 0 bridgehead atoms. The van der Waals surface area contributed by atoms with Gasteiger partial charge in [0.15, 0.2) is 11.5 Å². The zero-order valence-electron chi connectivity index (χ0n) is 14.7. The summed E-state index contributed by atoms with van der Waals surface area (Å²) < 4.78 is 10.8. The van der Waals surface area contributed by atoms with Crippen LogP contribution in [0, 0.1) is 26.7 Å². The van der Waals surface area contributed by atoms with E-state index in [1.165, 1.54) is 11.1 Å². The second kappa shape index (κ2) is 9.48. The Kier molecular flexibility index (Phi) is 9.57. The molecule has 1 aromatic carbocycles. The van der Waals surface area contributed by atoms with Gasteiger partial charge in [-0.2, -0.15) is 18.3 Å². The predicted octanol–water partition coefficient (Wildman–Crippen LogP) is 1.81. The zero-order valence-corrected chi connectivity index (χ0v) is 17.9. The molecule has 0 amide bonds. The Morgan fingerprint density at radius 3 is 2.45 bits per heavy atom. The Morgan fingerprint density at radius 1 is 1.32 bits per heavy atom. The molecule has 2 atom stereocenters. The molecule has 2 unspecified atom stereocenters. The van der Waals surface area contributed by atoms with Gasteiger partial charge in [0.25, 0.3) is 0 Å². The van der Waals surface area contributed by atoms with Gasteiger partial charge < -0.3 is 30.2 Å². The number of rotatable bonds is 4. The van der Waals surface area contributed by atoms with Gasteiger partial charge in [0.2, 0.25) is 0 Å². The van der Waals surface area contributed by atoms with E-state index in [2.05, 4.69) is 39.0 Å². The Morgan fingerprint density at radius 2 is 1.95 bits per heavy atom. The van der Waals surface area contributed by atoms with E-state index in [9.17, 15) is 0 Å². The van der Waals surface area contributed by atoms with Crippen LogP contribution in [0.1, 0.15) is 31.7 Å². The Labute approximate surface area is 179 Å². The van der Waals surface area contributed by atoms with Crippen molar-refractivity contribution in [3.8, 4) is 11.5 Å². The fourth-order valence-corrected chi connectivity index (χ4v) is 3.25. The molecule has 0 aliphatic heterocycles. The number of hydrogen-bond donors (Lipinski definition) is 0. The molecule has 2 nitrogen and oxygen atoms in total. The standard InChI is InChI=1S/C18H24O2.CH3.K/c1-6-18(10-9-13(2)11-14(18)3)15-7-8-16(19-4)17(12-15)20-5;;/h7-8,10,12,14H,1-2,6,9,11H2,3-5H3;1H3;/q-2;-1;+1. The molecule has 0 saturated heterocycles. The molecule has 22 heavy (non-hydrogen) atoms. The van der Waals surface area contributed by atoms with E-state index in [0.29, 0.717) is 5.92 Å². The molecule has 0 spiro atoms. The number of allylic oxidation sites excluding steroid dienone is 1. The fourth-order valence-electron chi connectivity index (χ4n) is 3.25. The van der Waals surface area contributed by atoms with Gasteiger partial charge in [0.05, 0.1) is 14.2 Å². The van der Waals surface area contributed by atoms with Crippen LogP contribution in [0.25, 0.3) is 0 Å². The molecular formula is C19H27KO2-2. The molecule has 1 aliphatic rings. The Hall–Kier alpha value is 0.196. The molecule has 1 aliphatic carbocycles. The van der Waals surface area contributed by atoms with Crippen molar-refractivity contribution in [3.63, 3.8) is 0 Å². The first-order valence-electron chi connectivity index (χ1n) is 7.10. The van der Waals surface area contributed by atoms with E-state index >= 15 is 0 Å². The van der Waals surface area contributed by atoms with Crippen LogP contribution in [0.2, 0.25) is 0 Å². The Bertz CT molecular complexity index is 498. The van der Waals surface area contributed by atoms with Crippen molar-refractivity contribution in [3.05, 3.63) is 56.7 Å². The van der Waals surface area contributed by atoms with E-state index in [0.717, 1.165) is 30.8 Å². The van der Waals surface area contributed by atoms with Gasteiger partial charge in [-0.15, -0.1) is 12.2 Å². The van der Waals surface area contributed by atoms with Crippen molar-refractivity contribution in [2.75, 3.05) is 14.2 Å². The van der Waals surface area contributed by atoms with E-state index in [-0.39, 0.29) is 64.2 Å². The molecule has 1 fully saturated rings. The number of ether oxygens (including phenoxy) is 2. The van der Waals surface area contributed by atoms with Gasteiger partial charge in [-0.1, -0.05) is 24.5 Å². The van der Waals surface area contributed by atoms with Crippen LogP contribution in [0.15, 0.2) is 30.4 Å². The summed E-state index contributed by atoms with van der Waals surface area (Å²) >= 11 is 0. The molecule has 1 aromatic rings. The quantitative estimate of drug-likeness (QED) is 0.477. The summed E-state index contributed by atoms with van der Waals surface area (Å²) in [6.45, 7) is 10.6. The van der Waals surface area contributed by atoms with Crippen molar-refractivity contribution in [1.82, 2.24) is 0 Å². The minimum absolute atomic E-state index is 0. The summed E-state index contributed by atoms with van der Waals surface area (Å²) in [6, 6.07) is 6.20. The normalized spacial score (nSPS) is 24.0. The van der Waals surface area contributed by atoms with E-state index in [4.69, 9.17) is 9.47 Å². The van der Waals surface area contributed by atoms with Crippen LogP contribution in [-0.2, 0) is 5.41 Å². The largest absolute Gasteiger partial charge is 1.00 e. The van der Waals surface area contributed by atoms with Crippen molar-refractivity contribution < 1.29 is 60.9 Å². The summed E-state index contributed by atoms with van der Waals surface area (Å²) in [4.78, 5) is 0. The molecule has 2 rings (SSSR count). The third kappa shape index (κ3) is 4.18. The van der Waals surface area contributed by atoms with Crippen molar-refractivity contribution in [2.24, 2.45) is 5.92 Å². The SMILES string of the molecule is C=C1C[CH-]C(C[CH2-])(c2ccc(OC)c(OC)c2)C(C)C1.[CH3-].[K+]. The third-order valence-corrected chi connectivity index (χ3v) is 4.56. The molecule has 118 valence electrons. The topological polar surface area (TPSA) is 18.5 Å². The molecule has 0 aromatic heterocycles. The number of methoxy groups -OCH3 is 2. The average molecular weight is 327 g/mol. The minimum atomic E-state index is 0. The molecule has 3 heteroatoms. The molecule has 1 saturated carbocycles. The van der Waals surface area contributed by atoms with E-state index < -0.39 is 0 Å². The van der Waals surface area contributed by atoms with Crippen LogP contribution in [0.3, 0.4) is 0 Å². The fraction of sp³-hybridized carbons (Fsp3) is 0.421. The summed E-state index contributed by atoms with van der Waals surface area (Å²) in [6.07, 6.45) is 5.24. The van der Waals surface area contributed by atoms with Crippen LogP contribution < -0.4 is 60.9 Å². The van der Waals surface area contributed by atoms with Crippen molar-refractivity contribution in [1.29, 1.82) is 0 Å². The van der Waals surface area contributed by atoms with Gasteiger partial charge in [-0.05, 0) is 18.6 Å². The minimum Gasteiger partial charge on any atom is -0.493 e. The summed E-state index contributed by atoms with van der Waals surface area (Å²) in [5, 5.41) is 0. The third-order valence-electron chi connectivity index (χ3n) is 4.56. The maximum atomic E-state index is 5.44. The summed E-state index contributed by atoms with van der Waals surface area (Å²) in [5.74, 6) is 2.05. The summed E-state index contributed by atoms with van der Waals surface area (Å²) in [7, 11) is 3.34. The van der Waals surface area contributed by atoms with Crippen molar-refractivity contribution >= 4 is 0 Å². The van der Waals surface area contributed by atoms with Crippen LogP contribution in [0.5, 0.6) is 11.5 Å². The smallest absolute Gasteiger partial charge is 0.493 e. The number of hydrogen-bond acceptors (Lipinski definition) is 2. The Balaban J connectivity index is 0.00000220. The first-order chi connectivity index (χ1) is 9.57. The van der Waals surface area contributed by atoms with Gasteiger partial charge in [0, 0.05) is 0 Å². The number of benzene rings is 1. The molecular weight excluding hydrogens is 299 g/mol. The van der Waals surface area contributed by atoms with Crippen molar-refractivity contribution in [2.45, 2.75) is 31.6 Å². The second-order valence-corrected chi connectivity index (χ2v) is 5.62. The zero-order chi connectivity index (χ0) is 14.8. The van der Waals surface area contributed by atoms with E-state index in [1.54, 1.807) is 14.2 Å². The monoisotopic (exact) mass is 326 g/mol. The van der Waals surface area contributed by atoms with Crippen LogP contribution in [-0.4, -0.2) is 14.2 Å². The molecule has 0 radical (unpaired) electrons. The maximum absolute atomic E-state index is 5.44. The van der Waals surface area contributed by atoms with Gasteiger partial charge in [0.1, 0.15) is 0 Å². The van der Waals surface area contributed by atoms with Gasteiger partial charge in [-0.3, -0.25) is 0 Å². The van der Waals surface area contributed by atoms with Gasteiger partial charge in [-0.25, -0.2) is 0 Å². The second-order valence-electron chi connectivity index (χ2n) is 5.62. The van der Waals surface area contributed by atoms with Gasteiger partial charge >= 0.3 is 51.4 Å². The molecule has 0 N–H and O–H groups in total. The van der Waals surface area contributed by atoms with Crippen LogP contribution in [0.4, 0.5) is 0 Å². The molecule has 0 heterocycles. The summed E-state index contributed by atoms with van der Waals surface area (Å²) in [5.41, 5.74) is 2.56. The first-order valence-corrected chi connectivity index (χ1v) is 7.10.